The van der Waals surface area contributed by atoms with Gasteiger partial charge in [0.15, 0.2) is 0 Å². The molecule has 0 amide bonds. The van der Waals surface area contributed by atoms with Crippen molar-refractivity contribution in [3.8, 4) is 34.4 Å². The SMILES string of the molecule is N#Cc1cncc(COc2cc(O[C@H]3CCc4c(-c5cccc(OCCCN6CCC(F)CC6)c5Cl)cccc43)c(Cl)cc2CN)c1. The van der Waals surface area contributed by atoms with Crippen molar-refractivity contribution in [3.63, 3.8) is 0 Å². The number of nitrogens with two attached hydrogens (primary N) is 1. The smallest absolute Gasteiger partial charge is 0.142 e. The van der Waals surface area contributed by atoms with Gasteiger partial charge in [-0.3, -0.25) is 4.98 Å². The van der Waals surface area contributed by atoms with Gasteiger partial charge in [-0.2, -0.15) is 5.26 Å². The van der Waals surface area contributed by atoms with E-state index in [-0.39, 0.29) is 19.3 Å². The number of piperidine rings is 1. The van der Waals surface area contributed by atoms with Gasteiger partial charge in [0.1, 0.15) is 42.2 Å². The molecule has 244 valence electrons. The van der Waals surface area contributed by atoms with E-state index in [0.29, 0.717) is 52.3 Å². The van der Waals surface area contributed by atoms with E-state index in [9.17, 15) is 9.65 Å². The van der Waals surface area contributed by atoms with Crippen molar-refractivity contribution in [2.75, 3.05) is 26.2 Å². The number of halogens is 3. The van der Waals surface area contributed by atoms with Gasteiger partial charge in [-0.05, 0) is 67.0 Å². The van der Waals surface area contributed by atoms with Gasteiger partial charge in [-0.1, -0.05) is 53.5 Å². The van der Waals surface area contributed by atoms with Gasteiger partial charge in [0.2, 0.25) is 0 Å². The molecule has 10 heteroatoms. The summed E-state index contributed by atoms with van der Waals surface area (Å²) in [5, 5.41) is 10.2. The lowest BCUT2D eigenvalue weighted by Crippen LogP contribution is -2.35. The number of rotatable bonds is 12. The lowest BCUT2D eigenvalue weighted by Gasteiger charge is -2.28. The molecule has 2 aliphatic rings. The van der Waals surface area contributed by atoms with Crippen LogP contribution in [0.1, 0.15) is 59.6 Å². The summed E-state index contributed by atoms with van der Waals surface area (Å²) >= 11 is 13.6. The van der Waals surface area contributed by atoms with Crippen LogP contribution in [0.15, 0.2) is 67.0 Å². The third-order valence-electron chi connectivity index (χ3n) is 8.78. The molecule has 0 spiro atoms. The number of nitriles is 1. The quantitative estimate of drug-likeness (QED) is 0.151. The van der Waals surface area contributed by atoms with Gasteiger partial charge in [0.25, 0.3) is 0 Å². The van der Waals surface area contributed by atoms with E-state index in [1.807, 2.05) is 24.3 Å². The Morgan fingerprint density at radius 2 is 1.77 bits per heavy atom. The molecule has 1 fully saturated rings. The molecule has 1 aliphatic heterocycles. The minimum atomic E-state index is -0.664. The van der Waals surface area contributed by atoms with E-state index in [2.05, 4.69) is 28.1 Å². The highest BCUT2D eigenvalue weighted by atomic mass is 35.5. The first-order valence-corrected chi connectivity index (χ1v) is 16.7. The predicted octanol–water partition coefficient (Wildman–Crippen LogP) is 8.23. The minimum absolute atomic E-state index is 0.212. The van der Waals surface area contributed by atoms with Crippen LogP contribution in [0.25, 0.3) is 11.1 Å². The fraction of sp³-hybridized carbons (Fsp3) is 0.351. The molecule has 47 heavy (non-hydrogen) atoms. The Balaban J connectivity index is 1.15. The van der Waals surface area contributed by atoms with Crippen molar-refractivity contribution >= 4 is 23.2 Å². The van der Waals surface area contributed by atoms with E-state index in [4.69, 9.17) is 43.1 Å². The summed E-state index contributed by atoms with van der Waals surface area (Å²) in [6, 6.07) is 19.5. The molecule has 2 heterocycles. The first-order chi connectivity index (χ1) is 22.9. The minimum Gasteiger partial charge on any atom is -0.492 e. The largest absolute Gasteiger partial charge is 0.492 e. The molecule has 0 radical (unpaired) electrons. The molecule has 6 rings (SSSR count). The third kappa shape index (κ3) is 7.82. The molecule has 1 aromatic heterocycles. The second-order valence-corrected chi connectivity index (χ2v) is 12.7. The maximum Gasteiger partial charge on any atom is 0.142 e. The highest BCUT2D eigenvalue weighted by molar-refractivity contribution is 6.35. The van der Waals surface area contributed by atoms with Crippen LogP contribution in [0.2, 0.25) is 10.0 Å². The summed E-state index contributed by atoms with van der Waals surface area (Å²) in [5.74, 6) is 1.73. The van der Waals surface area contributed by atoms with Gasteiger partial charge in [-0.15, -0.1) is 0 Å². The van der Waals surface area contributed by atoms with Gasteiger partial charge in [0, 0.05) is 61.3 Å². The van der Waals surface area contributed by atoms with Crippen molar-refractivity contribution in [2.45, 2.75) is 57.5 Å². The zero-order valence-corrected chi connectivity index (χ0v) is 27.6. The van der Waals surface area contributed by atoms with E-state index >= 15 is 0 Å². The van der Waals surface area contributed by atoms with Crippen LogP contribution < -0.4 is 19.9 Å². The van der Waals surface area contributed by atoms with Gasteiger partial charge < -0.3 is 24.8 Å². The molecule has 0 unspecified atom stereocenters. The average molecular weight is 676 g/mol. The lowest BCUT2D eigenvalue weighted by atomic mass is 9.96. The third-order valence-corrected chi connectivity index (χ3v) is 9.47. The molecule has 0 bridgehead atoms. The van der Waals surface area contributed by atoms with Crippen LogP contribution in [0.4, 0.5) is 4.39 Å². The number of benzene rings is 3. The number of ether oxygens (including phenoxy) is 3. The van der Waals surface area contributed by atoms with Gasteiger partial charge in [0.05, 0.1) is 22.2 Å². The predicted molar refractivity (Wildman–Crippen MR) is 182 cm³/mol. The zero-order valence-electron chi connectivity index (χ0n) is 26.1. The van der Waals surface area contributed by atoms with E-state index < -0.39 is 6.17 Å². The number of nitrogens with zero attached hydrogens (tertiary/aromatic N) is 3. The Labute approximate surface area is 285 Å². The summed E-state index contributed by atoms with van der Waals surface area (Å²) in [4.78, 5) is 6.40. The number of fused-ring (bicyclic) bond motifs is 1. The van der Waals surface area contributed by atoms with Crippen LogP contribution in [-0.2, 0) is 19.6 Å². The topological polar surface area (TPSA) is 93.6 Å². The fourth-order valence-electron chi connectivity index (χ4n) is 6.32. The Morgan fingerprint density at radius 1 is 0.957 bits per heavy atom. The summed E-state index contributed by atoms with van der Waals surface area (Å²) in [6.45, 7) is 3.49. The number of aromatic nitrogens is 1. The number of likely N-dealkylation sites (tertiary alicyclic amines) is 1. The molecule has 1 saturated heterocycles. The second kappa shape index (κ2) is 15.4. The van der Waals surface area contributed by atoms with E-state index in [1.54, 1.807) is 24.4 Å². The molecule has 1 atom stereocenters. The Kier molecular flexibility index (Phi) is 10.8. The highest BCUT2D eigenvalue weighted by Crippen LogP contribution is 2.45. The normalized spacial score (nSPS) is 16.4. The molecule has 0 saturated carbocycles. The molecule has 4 aromatic rings. The number of hydrogen-bond acceptors (Lipinski definition) is 7. The molecule has 3 aromatic carbocycles. The van der Waals surface area contributed by atoms with Crippen molar-refractivity contribution < 1.29 is 18.6 Å². The maximum atomic E-state index is 13.4. The van der Waals surface area contributed by atoms with Crippen LogP contribution in [0.5, 0.6) is 17.2 Å². The van der Waals surface area contributed by atoms with Crippen molar-refractivity contribution in [2.24, 2.45) is 5.73 Å². The average Bonchev–Trinajstić information content (AvgIpc) is 3.51. The maximum absolute atomic E-state index is 13.4. The summed E-state index contributed by atoms with van der Waals surface area (Å²) in [6.07, 6.45) is 5.97. The first-order valence-electron chi connectivity index (χ1n) is 16.0. The van der Waals surface area contributed by atoms with Crippen LogP contribution in [0.3, 0.4) is 0 Å². The van der Waals surface area contributed by atoms with Crippen molar-refractivity contribution in [3.05, 3.63) is 105 Å². The van der Waals surface area contributed by atoms with Gasteiger partial charge >= 0.3 is 0 Å². The van der Waals surface area contributed by atoms with Crippen molar-refractivity contribution in [1.82, 2.24) is 9.88 Å². The van der Waals surface area contributed by atoms with Crippen LogP contribution >= 0.6 is 23.2 Å². The summed E-state index contributed by atoms with van der Waals surface area (Å²) in [7, 11) is 0. The Morgan fingerprint density at radius 3 is 2.57 bits per heavy atom. The van der Waals surface area contributed by atoms with Crippen molar-refractivity contribution in [1.29, 1.82) is 5.26 Å². The number of pyridine rings is 1. The second-order valence-electron chi connectivity index (χ2n) is 11.9. The molecule has 2 N–H and O–H groups in total. The lowest BCUT2D eigenvalue weighted by molar-refractivity contribution is 0.143. The number of hydrogen-bond donors (Lipinski definition) is 1. The van der Waals surface area contributed by atoms with E-state index in [1.165, 1.54) is 11.8 Å². The Bertz CT molecular complexity index is 1760. The van der Waals surface area contributed by atoms with E-state index in [0.717, 1.165) is 66.7 Å². The molecular formula is C37H37Cl2FN4O3. The highest BCUT2D eigenvalue weighted by Gasteiger charge is 2.28. The summed E-state index contributed by atoms with van der Waals surface area (Å²) in [5.41, 5.74) is 12.2. The molecule has 7 nitrogen and oxygen atoms in total. The monoisotopic (exact) mass is 674 g/mol. The van der Waals surface area contributed by atoms with Crippen LogP contribution in [0, 0.1) is 11.3 Å². The number of alkyl halides is 1. The first kappa shape index (κ1) is 33.0. The zero-order chi connectivity index (χ0) is 32.8. The van der Waals surface area contributed by atoms with Crippen LogP contribution in [-0.4, -0.2) is 42.3 Å². The summed E-state index contributed by atoms with van der Waals surface area (Å²) < 4.78 is 32.2. The fourth-order valence-corrected chi connectivity index (χ4v) is 6.83. The van der Waals surface area contributed by atoms with Gasteiger partial charge in [-0.25, -0.2) is 4.39 Å². The molecule has 1 aliphatic carbocycles. The standard InChI is InChI=1S/C37H37Cl2FN4O3/c38-32-17-26(20-42)35(46-23-25-16-24(19-41)21-43-22-25)18-36(32)47-33-9-8-29-28(4-1-5-30(29)33)31-6-2-7-34(37(31)39)45-15-3-12-44-13-10-27(40)11-14-44/h1-2,4-7,16-18,21-22,27,33H,3,8-15,20,23,42H2/t33-/m0/s1. The molecular weight excluding hydrogens is 638 g/mol. The Hall–Kier alpha value is -3.87.